The Morgan fingerprint density at radius 1 is 1.00 bits per heavy atom. The molecule has 2 atom stereocenters. The molecule has 0 saturated carbocycles. The summed E-state index contributed by atoms with van der Waals surface area (Å²) < 4.78 is 8.08. The number of hydrogen-bond donors (Lipinski definition) is 1. The van der Waals surface area contributed by atoms with E-state index in [1.54, 1.807) is 0 Å². The van der Waals surface area contributed by atoms with Gasteiger partial charge in [-0.25, -0.2) is 0 Å². The Hall–Kier alpha value is -3.35. The van der Waals surface area contributed by atoms with Crippen LogP contribution < -0.4 is 15.0 Å². The van der Waals surface area contributed by atoms with E-state index in [0.717, 1.165) is 39.8 Å². The highest BCUT2D eigenvalue weighted by Gasteiger charge is 2.42. The number of rotatable bonds is 6. The van der Waals surface area contributed by atoms with Crippen LogP contribution in [0.15, 0.2) is 79.0 Å². The van der Waals surface area contributed by atoms with Gasteiger partial charge in [0.25, 0.3) is 0 Å². The van der Waals surface area contributed by atoms with Crippen LogP contribution in [0, 0.1) is 13.8 Å². The van der Waals surface area contributed by atoms with Crippen LogP contribution in [0.25, 0.3) is 5.69 Å². The monoisotopic (exact) mass is 516 g/mol. The third-order valence-corrected chi connectivity index (χ3v) is 7.10. The molecule has 0 radical (unpaired) electrons. The first-order valence-corrected chi connectivity index (χ1v) is 12.8. The summed E-state index contributed by atoms with van der Waals surface area (Å²) in [5, 5.41) is 4.93. The van der Waals surface area contributed by atoms with Crippen LogP contribution in [0.3, 0.4) is 0 Å². The number of pyridine rings is 1. The Balaban J connectivity index is 1.64. The Morgan fingerprint density at radius 2 is 1.72 bits per heavy atom. The summed E-state index contributed by atoms with van der Waals surface area (Å²) in [6.45, 7) is 8.30. The van der Waals surface area contributed by atoms with E-state index in [9.17, 15) is 0 Å². The summed E-state index contributed by atoms with van der Waals surface area (Å²) in [6, 6.07) is 24.0. The number of nitrogens with one attached hydrogen (secondary N) is 1. The lowest BCUT2D eigenvalue weighted by atomic mass is 9.96. The maximum atomic E-state index is 6.61. The standard InChI is InChI=1S/C29H29ClN4OS/c1-18(2)35-22-14-12-21(13-15-22)34-28(27(32-29(34)36)25-10-7-8-16-31-25)23-17-19(3)33(20(23)4)26-11-6-5-9-24(26)30/h5-18,27-28H,1-4H3,(H,32,36). The number of nitrogens with zero attached hydrogens (tertiary/aromatic N) is 3. The molecular formula is C29H29ClN4OS. The zero-order valence-electron chi connectivity index (χ0n) is 20.8. The molecule has 5 rings (SSSR count). The fraction of sp³-hybridized carbons (Fsp3) is 0.241. The molecule has 2 unspecified atom stereocenters. The number of para-hydroxylation sites is 1. The minimum Gasteiger partial charge on any atom is -0.491 e. The van der Waals surface area contributed by atoms with Gasteiger partial charge in [0.1, 0.15) is 5.75 Å². The minimum absolute atomic E-state index is 0.105. The lowest BCUT2D eigenvalue weighted by Crippen LogP contribution is -2.29. The van der Waals surface area contributed by atoms with Gasteiger partial charge in [-0.3, -0.25) is 4.98 Å². The van der Waals surface area contributed by atoms with Crippen LogP contribution >= 0.6 is 23.8 Å². The van der Waals surface area contributed by atoms with Gasteiger partial charge in [-0.05, 0) is 100 Å². The smallest absolute Gasteiger partial charge is 0.174 e. The van der Waals surface area contributed by atoms with Crippen molar-refractivity contribution in [3.63, 3.8) is 0 Å². The van der Waals surface area contributed by atoms with Crippen LogP contribution in [0.2, 0.25) is 5.02 Å². The van der Waals surface area contributed by atoms with Crippen LogP contribution in [0.5, 0.6) is 5.75 Å². The van der Waals surface area contributed by atoms with E-state index in [1.165, 1.54) is 0 Å². The minimum atomic E-state index is -0.120. The second kappa shape index (κ2) is 9.96. The van der Waals surface area contributed by atoms with Gasteiger partial charge < -0.3 is 19.5 Å². The highest BCUT2D eigenvalue weighted by atomic mass is 35.5. The van der Waals surface area contributed by atoms with Gasteiger partial charge >= 0.3 is 0 Å². The summed E-state index contributed by atoms with van der Waals surface area (Å²) >= 11 is 12.5. The molecule has 1 fully saturated rings. The maximum absolute atomic E-state index is 6.61. The third kappa shape index (κ3) is 4.47. The quantitative estimate of drug-likeness (QED) is 0.277. The predicted octanol–water partition coefficient (Wildman–Crippen LogP) is 7.11. The van der Waals surface area contributed by atoms with Crippen molar-refractivity contribution in [2.75, 3.05) is 4.90 Å². The van der Waals surface area contributed by atoms with E-state index in [4.69, 9.17) is 28.6 Å². The zero-order valence-corrected chi connectivity index (χ0v) is 22.3. The van der Waals surface area contributed by atoms with Gasteiger partial charge in [-0.1, -0.05) is 29.8 Å². The topological polar surface area (TPSA) is 42.3 Å². The van der Waals surface area contributed by atoms with Crippen molar-refractivity contribution in [1.29, 1.82) is 0 Å². The third-order valence-electron chi connectivity index (χ3n) is 6.47. The first-order valence-electron chi connectivity index (χ1n) is 12.1. The molecule has 0 aliphatic carbocycles. The molecule has 3 heterocycles. The molecule has 0 bridgehead atoms. The van der Waals surface area contributed by atoms with Crippen molar-refractivity contribution >= 4 is 34.6 Å². The molecule has 1 aliphatic heterocycles. The van der Waals surface area contributed by atoms with Crippen LogP contribution in [0.1, 0.15) is 48.6 Å². The van der Waals surface area contributed by atoms with Gasteiger partial charge in [-0.15, -0.1) is 0 Å². The van der Waals surface area contributed by atoms with E-state index in [1.807, 2.05) is 74.6 Å². The van der Waals surface area contributed by atoms with Crippen LogP contribution in [-0.4, -0.2) is 20.8 Å². The fourth-order valence-corrected chi connectivity index (χ4v) is 5.56. The lowest BCUT2D eigenvalue weighted by molar-refractivity contribution is 0.242. The van der Waals surface area contributed by atoms with E-state index in [-0.39, 0.29) is 18.2 Å². The molecule has 0 spiro atoms. The van der Waals surface area contributed by atoms with Crippen molar-refractivity contribution in [3.8, 4) is 11.4 Å². The molecule has 2 aromatic heterocycles. The number of aromatic nitrogens is 2. The van der Waals surface area contributed by atoms with Crippen molar-refractivity contribution in [1.82, 2.24) is 14.9 Å². The van der Waals surface area contributed by atoms with E-state index in [2.05, 4.69) is 51.8 Å². The fourth-order valence-electron chi connectivity index (χ4n) is 5.00. The first-order chi connectivity index (χ1) is 17.3. The second-order valence-corrected chi connectivity index (χ2v) is 10.1. The van der Waals surface area contributed by atoms with Crippen molar-refractivity contribution in [3.05, 3.63) is 107 Å². The van der Waals surface area contributed by atoms with Gasteiger partial charge in [0.2, 0.25) is 0 Å². The molecule has 1 N–H and O–H groups in total. The number of halogens is 1. The molecular weight excluding hydrogens is 488 g/mol. The number of hydrogen-bond acceptors (Lipinski definition) is 3. The first kappa shape index (κ1) is 24.3. The van der Waals surface area contributed by atoms with E-state index in [0.29, 0.717) is 10.1 Å². The number of thiocarbonyl (C=S) groups is 1. The van der Waals surface area contributed by atoms with Gasteiger partial charge in [0.05, 0.1) is 34.6 Å². The second-order valence-electron chi connectivity index (χ2n) is 9.27. The molecule has 5 nitrogen and oxygen atoms in total. The average molecular weight is 517 g/mol. The highest BCUT2D eigenvalue weighted by molar-refractivity contribution is 7.80. The maximum Gasteiger partial charge on any atom is 0.174 e. The largest absolute Gasteiger partial charge is 0.491 e. The van der Waals surface area contributed by atoms with E-state index < -0.39 is 0 Å². The molecule has 36 heavy (non-hydrogen) atoms. The van der Waals surface area contributed by atoms with Crippen molar-refractivity contribution < 1.29 is 4.74 Å². The predicted molar refractivity (Wildman–Crippen MR) is 150 cm³/mol. The summed E-state index contributed by atoms with van der Waals surface area (Å²) in [5.41, 5.74) is 6.28. The van der Waals surface area contributed by atoms with Crippen LogP contribution in [-0.2, 0) is 0 Å². The average Bonchev–Trinajstić information content (AvgIpc) is 3.35. The molecule has 184 valence electrons. The summed E-state index contributed by atoms with van der Waals surface area (Å²) in [7, 11) is 0. The highest BCUT2D eigenvalue weighted by Crippen LogP contribution is 2.44. The molecule has 0 amide bonds. The van der Waals surface area contributed by atoms with Crippen molar-refractivity contribution in [2.45, 2.75) is 45.9 Å². The number of ether oxygens (including phenoxy) is 1. The summed E-state index contributed by atoms with van der Waals surface area (Å²) in [6.07, 6.45) is 1.94. The van der Waals surface area contributed by atoms with Crippen molar-refractivity contribution in [2.24, 2.45) is 0 Å². The molecule has 2 aromatic carbocycles. The molecule has 1 aliphatic rings. The SMILES string of the molecule is Cc1cc(C2C(c3ccccn3)NC(=S)N2c2ccc(OC(C)C)cc2)c(C)n1-c1ccccc1Cl. The molecule has 7 heteroatoms. The number of aryl methyl sites for hydroxylation is 1. The Morgan fingerprint density at radius 3 is 2.39 bits per heavy atom. The summed E-state index contributed by atoms with van der Waals surface area (Å²) in [5.74, 6) is 0.835. The zero-order chi connectivity index (χ0) is 25.4. The van der Waals surface area contributed by atoms with E-state index >= 15 is 0 Å². The van der Waals surface area contributed by atoms with Gasteiger partial charge in [0, 0.05) is 23.3 Å². The number of anilines is 1. The van der Waals surface area contributed by atoms with Gasteiger partial charge in [-0.2, -0.15) is 0 Å². The molecule has 1 saturated heterocycles. The normalized spacial score (nSPS) is 17.5. The summed E-state index contributed by atoms with van der Waals surface area (Å²) in [4.78, 5) is 6.87. The Bertz CT molecular complexity index is 1380. The lowest BCUT2D eigenvalue weighted by Gasteiger charge is -2.28. The Labute approximate surface area is 222 Å². The van der Waals surface area contributed by atoms with Gasteiger partial charge in [0.15, 0.2) is 5.11 Å². The Kier molecular flexibility index (Phi) is 6.73. The number of benzene rings is 2. The molecule has 4 aromatic rings. The van der Waals surface area contributed by atoms with Crippen LogP contribution in [0.4, 0.5) is 5.69 Å².